The van der Waals surface area contributed by atoms with E-state index in [2.05, 4.69) is 4.98 Å². The molecule has 60 valence electrons. The number of hydrogen-bond acceptors (Lipinski definition) is 4. The molecule has 11 heavy (non-hydrogen) atoms. The minimum Gasteiger partial charge on any atom is -0.326 e. The Kier molecular flexibility index (Phi) is 2.36. The summed E-state index contributed by atoms with van der Waals surface area (Å²) in [6.07, 6.45) is 0. The van der Waals surface area contributed by atoms with E-state index in [1.807, 2.05) is 6.92 Å². The van der Waals surface area contributed by atoms with E-state index in [0.717, 1.165) is 9.88 Å². The second-order valence-electron chi connectivity index (χ2n) is 2.26. The highest BCUT2D eigenvalue weighted by atomic mass is 32.1. The molecule has 0 amide bonds. The minimum absolute atomic E-state index is 0.00481. The van der Waals surface area contributed by atoms with Crippen LogP contribution >= 0.6 is 11.3 Å². The number of aromatic nitrogens is 1. The Morgan fingerprint density at radius 3 is 2.73 bits per heavy atom. The molecule has 3 nitrogen and oxygen atoms in total. The highest BCUT2D eigenvalue weighted by Gasteiger charge is 2.10. The number of hydrogen-bond donors (Lipinski definition) is 1. The first-order valence-electron chi connectivity index (χ1n) is 3.32. The van der Waals surface area contributed by atoms with Crippen molar-refractivity contribution >= 4 is 17.1 Å². The van der Waals surface area contributed by atoms with E-state index in [-0.39, 0.29) is 5.78 Å². The SMILES string of the molecule is CC(=O)c1nc(C)sc1CN. The number of carbonyl (C=O) groups is 1. The highest BCUT2D eigenvalue weighted by Crippen LogP contribution is 2.17. The molecule has 2 N–H and O–H groups in total. The second kappa shape index (κ2) is 3.11. The van der Waals surface area contributed by atoms with Crippen LogP contribution in [0.2, 0.25) is 0 Å². The lowest BCUT2D eigenvalue weighted by Crippen LogP contribution is -2.02. The molecule has 0 aliphatic heterocycles. The summed E-state index contributed by atoms with van der Waals surface area (Å²) < 4.78 is 0. The van der Waals surface area contributed by atoms with Gasteiger partial charge in [-0.1, -0.05) is 0 Å². The quantitative estimate of drug-likeness (QED) is 0.676. The van der Waals surface area contributed by atoms with E-state index >= 15 is 0 Å². The lowest BCUT2D eigenvalue weighted by molar-refractivity contribution is 0.101. The Morgan fingerprint density at radius 2 is 2.36 bits per heavy atom. The summed E-state index contributed by atoms with van der Waals surface area (Å²) >= 11 is 1.49. The standard InChI is InChI=1S/C7H10N2OS/c1-4(10)7-6(3-8)11-5(2)9-7/h3,8H2,1-2H3. The van der Waals surface area contributed by atoms with Gasteiger partial charge >= 0.3 is 0 Å². The normalized spacial score (nSPS) is 10.1. The van der Waals surface area contributed by atoms with Gasteiger partial charge in [0.15, 0.2) is 5.78 Å². The van der Waals surface area contributed by atoms with Gasteiger partial charge in [0.05, 0.1) is 5.01 Å². The van der Waals surface area contributed by atoms with Crippen LogP contribution in [0.5, 0.6) is 0 Å². The van der Waals surface area contributed by atoms with Crippen molar-refractivity contribution in [2.24, 2.45) is 5.73 Å². The number of nitrogens with two attached hydrogens (primary N) is 1. The van der Waals surface area contributed by atoms with Crippen LogP contribution in [-0.4, -0.2) is 10.8 Å². The van der Waals surface area contributed by atoms with Crippen molar-refractivity contribution in [1.82, 2.24) is 4.98 Å². The molecular formula is C7H10N2OS. The Balaban J connectivity index is 3.12. The van der Waals surface area contributed by atoms with Crippen LogP contribution in [0.4, 0.5) is 0 Å². The zero-order valence-corrected chi connectivity index (χ0v) is 7.36. The number of carbonyl (C=O) groups excluding carboxylic acids is 1. The van der Waals surface area contributed by atoms with Gasteiger partial charge in [0, 0.05) is 18.3 Å². The lowest BCUT2D eigenvalue weighted by Gasteiger charge is -1.90. The van der Waals surface area contributed by atoms with Crippen molar-refractivity contribution in [3.05, 3.63) is 15.6 Å². The van der Waals surface area contributed by atoms with Gasteiger partial charge in [-0.3, -0.25) is 4.79 Å². The Morgan fingerprint density at radius 1 is 1.73 bits per heavy atom. The maximum Gasteiger partial charge on any atom is 0.179 e. The zero-order valence-electron chi connectivity index (χ0n) is 6.55. The van der Waals surface area contributed by atoms with E-state index in [4.69, 9.17) is 5.73 Å². The van der Waals surface area contributed by atoms with Crippen LogP contribution in [0.15, 0.2) is 0 Å². The largest absolute Gasteiger partial charge is 0.326 e. The summed E-state index contributed by atoms with van der Waals surface area (Å²) in [5.74, 6) is -0.00481. The average Bonchev–Trinajstić information content (AvgIpc) is 2.30. The second-order valence-corrected chi connectivity index (χ2v) is 3.55. The fraction of sp³-hybridized carbons (Fsp3) is 0.429. The number of nitrogens with zero attached hydrogens (tertiary/aromatic N) is 1. The first kappa shape index (κ1) is 8.36. The summed E-state index contributed by atoms with van der Waals surface area (Å²) in [6.45, 7) is 3.78. The summed E-state index contributed by atoms with van der Waals surface area (Å²) in [4.78, 5) is 15.9. The average molecular weight is 170 g/mol. The Labute approximate surface area is 69.3 Å². The molecule has 0 atom stereocenters. The van der Waals surface area contributed by atoms with Crippen LogP contribution in [0.25, 0.3) is 0 Å². The molecule has 0 aliphatic carbocycles. The zero-order chi connectivity index (χ0) is 8.43. The van der Waals surface area contributed by atoms with Crippen molar-refractivity contribution in [1.29, 1.82) is 0 Å². The molecule has 0 bridgehead atoms. The van der Waals surface area contributed by atoms with Crippen molar-refractivity contribution in [3.63, 3.8) is 0 Å². The van der Waals surface area contributed by atoms with Crippen molar-refractivity contribution in [2.75, 3.05) is 0 Å². The summed E-state index contributed by atoms with van der Waals surface area (Å²) in [7, 11) is 0. The van der Waals surface area contributed by atoms with E-state index in [1.165, 1.54) is 18.3 Å². The maximum atomic E-state index is 10.9. The van der Waals surface area contributed by atoms with E-state index in [9.17, 15) is 4.79 Å². The molecule has 1 aromatic heterocycles. The number of thiazole rings is 1. The molecule has 1 aromatic rings. The van der Waals surface area contributed by atoms with Crippen molar-refractivity contribution < 1.29 is 4.79 Å². The fourth-order valence-electron chi connectivity index (χ4n) is 0.883. The van der Waals surface area contributed by atoms with Crippen LogP contribution in [-0.2, 0) is 6.54 Å². The van der Waals surface area contributed by atoms with Gasteiger partial charge in [-0.2, -0.15) is 0 Å². The molecule has 0 radical (unpaired) electrons. The molecule has 4 heteroatoms. The van der Waals surface area contributed by atoms with Crippen LogP contribution in [0, 0.1) is 6.92 Å². The van der Waals surface area contributed by atoms with Gasteiger partial charge in [-0.15, -0.1) is 11.3 Å². The monoisotopic (exact) mass is 170 g/mol. The van der Waals surface area contributed by atoms with Gasteiger partial charge in [0.2, 0.25) is 0 Å². The van der Waals surface area contributed by atoms with Crippen LogP contribution in [0.1, 0.15) is 27.3 Å². The third-order valence-corrected chi connectivity index (χ3v) is 2.32. The van der Waals surface area contributed by atoms with Gasteiger partial charge in [-0.25, -0.2) is 4.98 Å². The molecule has 0 spiro atoms. The minimum atomic E-state index is -0.00481. The first-order chi connectivity index (χ1) is 5.15. The first-order valence-corrected chi connectivity index (χ1v) is 4.14. The van der Waals surface area contributed by atoms with E-state index < -0.39 is 0 Å². The van der Waals surface area contributed by atoms with Crippen molar-refractivity contribution in [2.45, 2.75) is 20.4 Å². The molecule has 0 aromatic carbocycles. The topological polar surface area (TPSA) is 56.0 Å². The molecule has 1 heterocycles. The van der Waals surface area contributed by atoms with Gasteiger partial charge in [0.25, 0.3) is 0 Å². The molecule has 0 saturated carbocycles. The summed E-state index contributed by atoms with van der Waals surface area (Å²) in [6, 6.07) is 0. The molecule has 0 aliphatic rings. The summed E-state index contributed by atoms with van der Waals surface area (Å²) in [5, 5.41) is 0.899. The third-order valence-electron chi connectivity index (χ3n) is 1.32. The fourth-order valence-corrected chi connectivity index (χ4v) is 1.75. The predicted molar refractivity (Wildman–Crippen MR) is 44.7 cm³/mol. The molecule has 1 rings (SSSR count). The molecule has 0 saturated heterocycles. The lowest BCUT2D eigenvalue weighted by atomic mass is 10.3. The molecular weight excluding hydrogens is 160 g/mol. The van der Waals surface area contributed by atoms with Crippen LogP contribution in [0.3, 0.4) is 0 Å². The summed E-state index contributed by atoms with van der Waals surface area (Å²) in [5.41, 5.74) is 5.96. The number of rotatable bonds is 2. The Hall–Kier alpha value is -0.740. The number of Topliss-reactive ketones (excluding diaryl/α,β-unsaturated/α-hetero) is 1. The predicted octanol–water partition coefficient (Wildman–Crippen LogP) is 1.11. The molecule has 0 fully saturated rings. The highest BCUT2D eigenvalue weighted by molar-refractivity contribution is 7.11. The molecule has 0 unspecified atom stereocenters. The number of ketones is 1. The van der Waals surface area contributed by atoms with E-state index in [0.29, 0.717) is 12.2 Å². The van der Waals surface area contributed by atoms with Gasteiger partial charge < -0.3 is 5.73 Å². The number of aryl methyl sites for hydroxylation is 1. The van der Waals surface area contributed by atoms with E-state index in [1.54, 1.807) is 0 Å². The third kappa shape index (κ3) is 1.64. The van der Waals surface area contributed by atoms with Gasteiger partial charge in [0.1, 0.15) is 5.69 Å². The van der Waals surface area contributed by atoms with Crippen LogP contribution < -0.4 is 5.73 Å². The smallest absolute Gasteiger partial charge is 0.179 e. The van der Waals surface area contributed by atoms with Gasteiger partial charge in [-0.05, 0) is 6.92 Å². The Bertz CT molecular complexity index is 280. The van der Waals surface area contributed by atoms with Crippen molar-refractivity contribution in [3.8, 4) is 0 Å². The maximum absolute atomic E-state index is 10.9.